The van der Waals surface area contributed by atoms with Gasteiger partial charge in [0.1, 0.15) is 9.39 Å². The first-order valence-corrected chi connectivity index (χ1v) is 5.78. The van der Waals surface area contributed by atoms with Crippen molar-refractivity contribution in [1.29, 1.82) is 0 Å². The Morgan fingerprint density at radius 1 is 1.59 bits per heavy atom. The number of hydrogen-bond donors (Lipinski definition) is 0. The quantitative estimate of drug-likeness (QED) is 0.473. The molecule has 1 heterocycles. The van der Waals surface area contributed by atoms with Gasteiger partial charge in [0.2, 0.25) is 0 Å². The van der Waals surface area contributed by atoms with Crippen LogP contribution in [0.25, 0.3) is 0 Å². The molecule has 0 atom stereocenters. The minimum atomic E-state index is -2.74. The van der Waals surface area contributed by atoms with Crippen LogP contribution in [0.2, 0.25) is 0 Å². The second-order valence-corrected chi connectivity index (χ2v) is 3.96. The molecule has 1 aromatic heterocycles. The third kappa shape index (κ3) is 3.24. The molecule has 17 heavy (non-hydrogen) atoms. The fourth-order valence-corrected chi connectivity index (χ4v) is 1.99. The molecule has 0 saturated carbocycles. The minimum Gasteiger partial charge on any atom is -0.493 e. The molecule has 0 fully saturated rings. The Hall–Kier alpha value is -0.990. The van der Waals surface area contributed by atoms with Gasteiger partial charge in [0.05, 0.1) is 19.3 Å². The fourth-order valence-electron chi connectivity index (χ4n) is 1.19. The molecule has 0 aliphatic rings. The van der Waals surface area contributed by atoms with Crippen LogP contribution in [0.3, 0.4) is 0 Å². The van der Waals surface area contributed by atoms with Gasteiger partial charge in [-0.25, -0.2) is 18.6 Å². The van der Waals surface area contributed by atoms with E-state index in [2.05, 4.69) is 4.98 Å². The van der Waals surface area contributed by atoms with Crippen LogP contribution < -0.4 is 4.74 Å². The van der Waals surface area contributed by atoms with E-state index in [0.29, 0.717) is 0 Å². The standard InChI is InChI=1S/C10H10F2INO3/c1-3-17-10(15)6-4-5(8(11)12)7(16-2)9(13)14-6/h4,8H,3H2,1-2H3. The van der Waals surface area contributed by atoms with Gasteiger partial charge >= 0.3 is 5.97 Å². The molecule has 0 aliphatic carbocycles. The first-order chi connectivity index (χ1) is 8.01. The molecule has 94 valence electrons. The number of pyridine rings is 1. The van der Waals surface area contributed by atoms with E-state index >= 15 is 0 Å². The Morgan fingerprint density at radius 3 is 2.71 bits per heavy atom. The van der Waals surface area contributed by atoms with Crippen molar-refractivity contribution in [2.75, 3.05) is 13.7 Å². The summed E-state index contributed by atoms with van der Waals surface area (Å²) in [5, 5.41) is 0. The molecule has 1 aromatic rings. The molecular formula is C10H10F2INO3. The summed E-state index contributed by atoms with van der Waals surface area (Å²) < 4.78 is 35.3. The average molecular weight is 357 g/mol. The van der Waals surface area contributed by atoms with Gasteiger partial charge in [-0.3, -0.25) is 0 Å². The van der Waals surface area contributed by atoms with Gasteiger partial charge < -0.3 is 9.47 Å². The van der Waals surface area contributed by atoms with E-state index in [1.807, 2.05) is 0 Å². The third-order valence-electron chi connectivity index (χ3n) is 1.88. The average Bonchev–Trinajstić information content (AvgIpc) is 2.28. The van der Waals surface area contributed by atoms with Gasteiger partial charge in [0.15, 0.2) is 5.75 Å². The second kappa shape index (κ2) is 6.08. The highest BCUT2D eigenvalue weighted by molar-refractivity contribution is 14.1. The number of nitrogens with zero attached hydrogens (tertiary/aromatic N) is 1. The number of carbonyl (C=O) groups is 1. The molecule has 0 unspecified atom stereocenters. The summed E-state index contributed by atoms with van der Waals surface area (Å²) in [6.07, 6.45) is -2.74. The van der Waals surface area contributed by atoms with E-state index in [-0.39, 0.29) is 27.3 Å². The lowest BCUT2D eigenvalue weighted by atomic mass is 10.2. The van der Waals surface area contributed by atoms with Gasteiger partial charge in [-0.15, -0.1) is 0 Å². The zero-order valence-corrected chi connectivity index (χ0v) is 11.3. The number of rotatable bonds is 4. The smallest absolute Gasteiger partial charge is 0.356 e. The first-order valence-electron chi connectivity index (χ1n) is 4.71. The maximum absolute atomic E-state index is 12.8. The van der Waals surface area contributed by atoms with Crippen molar-refractivity contribution in [3.05, 3.63) is 21.0 Å². The number of hydrogen-bond acceptors (Lipinski definition) is 4. The van der Waals surface area contributed by atoms with Crippen molar-refractivity contribution in [2.24, 2.45) is 0 Å². The van der Waals surface area contributed by atoms with Gasteiger partial charge in [-0.05, 0) is 35.6 Å². The van der Waals surface area contributed by atoms with Crippen molar-refractivity contribution in [3.63, 3.8) is 0 Å². The van der Waals surface area contributed by atoms with Crippen LogP contribution in [0.5, 0.6) is 5.75 Å². The van der Waals surface area contributed by atoms with E-state index in [9.17, 15) is 13.6 Å². The van der Waals surface area contributed by atoms with Crippen molar-refractivity contribution < 1.29 is 23.0 Å². The van der Waals surface area contributed by atoms with E-state index in [1.165, 1.54) is 7.11 Å². The van der Waals surface area contributed by atoms with Crippen molar-refractivity contribution in [2.45, 2.75) is 13.3 Å². The van der Waals surface area contributed by atoms with E-state index in [0.717, 1.165) is 6.07 Å². The maximum Gasteiger partial charge on any atom is 0.356 e. The number of alkyl halides is 2. The summed E-state index contributed by atoms with van der Waals surface area (Å²) in [5.41, 5.74) is -0.512. The number of halogens is 3. The predicted octanol–water partition coefficient (Wildman–Crippen LogP) is 2.81. The normalized spacial score (nSPS) is 10.5. The van der Waals surface area contributed by atoms with Crippen LogP contribution in [0.15, 0.2) is 6.07 Å². The van der Waals surface area contributed by atoms with E-state index in [1.54, 1.807) is 29.5 Å². The zero-order valence-electron chi connectivity index (χ0n) is 9.17. The number of esters is 1. The molecule has 0 aromatic carbocycles. The highest BCUT2D eigenvalue weighted by atomic mass is 127. The molecule has 0 N–H and O–H groups in total. The van der Waals surface area contributed by atoms with Gasteiger partial charge in [-0.2, -0.15) is 0 Å². The maximum atomic E-state index is 12.8. The first kappa shape index (κ1) is 14.1. The fraction of sp³-hybridized carbons (Fsp3) is 0.400. The Bertz CT molecular complexity index is 426. The Labute approximate surface area is 110 Å². The summed E-state index contributed by atoms with van der Waals surface area (Å²) in [7, 11) is 1.27. The van der Waals surface area contributed by atoms with Gasteiger partial charge in [0.25, 0.3) is 6.43 Å². The molecule has 1 rings (SSSR count). The van der Waals surface area contributed by atoms with E-state index < -0.39 is 12.4 Å². The molecule has 0 aliphatic heterocycles. The number of carbonyl (C=O) groups excluding carboxylic acids is 1. The number of aromatic nitrogens is 1. The number of methoxy groups -OCH3 is 1. The molecule has 0 saturated heterocycles. The lowest BCUT2D eigenvalue weighted by Gasteiger charge is -2.11. The molecule has 0 spiro atoms. The van der Waals surface area contributed by atoms with Crippen molar-refractivity contribution >= 4 is 28.6 Å². The SMILES string of the molecule is CCOC(=O)c1cc(C(F)F)c(OC)c(I)n1. The highest BCUT2D eigenvalue weighted by Gasteiger charge is 2.22. The predicted molar refractivity (Wildman–Crippen MR) is 64.4 cm³/mol. The zero-order chi connectivity index (χ0) is 13.0. The van der Waals surface area contributed by atoms with Crippen LogP contribution in [0, 0.1) is 3.70 Å². The molecular weight excluding hydrogens is 347 g/mol. The summed E-state index contributed by atoms with van der Waals surface area (Å²) >= 11 is 1.73. The number of ether oxygens (including phenoxy) is 2. The van der Waals surface area contributed by atoms with Crippen LogP contribution in [-0.4, -0.2) is 24.7 Å². The molecule has 4 nitrogen and oxygen atoms in total. The molecule has 7 heteroatoms. The summed E-state index contributed by atoms with van der Waals surface area (Å²) in [4.78, 5) is 15.3. The lowest BCUT2D eigenvalue weighted by Crippen LogP contribution is -2.10. The molecule has 0 bridgehead atoms. The van der Waals surface area contributed by atoms with Crippen LogP contribution >= 0.6 is 22.6 Å². The van der Waals surface area contributed by atoms with Crippen LogP contribution in [0.4, 0.5) is 8.78 Å². The van der Waals surface area contributed by atoms with Gasteiger partial charge in [0, 0.05) is 0 Å². The Kier molecular flexibility index (Phi) is 5.03. The van der Waals surface area contributed by atoms with Gasteiger partial charge in [-0.1, -0.05) is 0 Å². The van der Waals surface area contributed by atoms with Crippen LogP contribution in [-0.2, 0) is 4.74 Å². The second-order valence-electron chi connectivity index (χ2n) is 2.94. The summed E-state index contributed by atoms with van der Waals surface area (Å²) in [5.74, 6) is -0.747. The van der Waals surface area contributed by atoms with Crippen molar-refractivity contribution in [1.82, 2.24) is 4.98 Å². The minimum absolute atomic E-state index is 0.0198. The monoisotopic (exact) mass is 357 g/mol. The summed E-state index contributed by atoms with van der Waals surface area (Å²) in [6, 6.07) is 0.990. The van der Waals surface area contributed by atoms with Crippen molar-refractivity contribution in [3.8, 4) is 5.75 Å². The highest BCUT2D eigenvalue weighted by Crippen LogP contribution is 2.32. The Morgan fingerprint density at radius 2 is 2.24 bits per heavy atom. The molecule has 0 amide bonds. The largest absolute Gasteiger partial charge is 0.493 e. The molecule has 0 radical (unpaired) electrons. The lowest BCUT2D eigenvalue weighted by molar-refractivity contribution is 0.0518. The topological polar surface area (TPSA) is 48.4 Å². The third-order valence-corrected chi connectivity index (χ3v) is 2.62. The Balaban J connectivity index is 3.24. The van der Waals surface area contributed by atoms with Crippen LogP contribution in [0.1, 0.15) is 29.4 Å². The van der Waals surface area contributed by atoms with E-state index in [4.69, 9.17) is 9.47 Å². The summed E-state index contributed by atoms with van der Waals surface area (Å²) in [6.45, 7) is 1.79.